The highest BCUT2D eigenvalue weighted by Crippen LogP contribution is 2.21. The summed E-state index contributed by atoms with van der Waals surface area (Å²) in [5.74, 6) is 1.14. The van der Waals surface area contributed by atoms with Crippen LogP contribution in [0, 0.1) is 5.92 Å². The first-order valence-corrected chi connectivity index (χ1v) is 10.8. The summed E-state index contributed by atoms with van der Waals surface area (Å²) in [6.07, 6.45) is 5.17. The molecule has 1 saturated heterocycles. The van der Waals surface area contributed by atoms with Gasteiger partial charge in [0.1, 0.15) is 12.0 Å². The lowest BCUT2D eigenvalue weighted by Gasteiger charge is -2.32. The Morgan fingerprint density at radius 3 is 2.90 bits per heavy atom. The van der Waals surface area contributed by atoms with Crippen LogP contribution in [0.5, 0.6) is 5.75 Å². The molecule has 0 spiro atoms. The number of amides is 1. The monoisotopic (exact) mass is 427 g/mol. The Morgan fingerprint density at radius 1 is 1.30 bits per heavy atom. The van der Waals surface area contributed by atoms with Crippen molar-refractivity contribution in [3.05, 3.63) is 59.7 Å². The quantitative estimate of drug-likeness (QED) is 0.546. The summed E-state index contributed by atoms with van der Waals surface area (Å²) in [7, 11) is 2.05. The van der Waals surface area contributed by atoms with Crippen molar-refractivity contribution in [1.29, 1.82) is 0 Å². The fourth-order valence-electron chi connectivity index (χ4n) is 3.67. The highest BCUT2D eigenvalue weighted by atomic mass is 32.1. The number of aromatic nitrogens is 3. The van der Waals surface area contributed by atoms with Gasteiger partial charge < -0.3 is 14.2 Å². The smallest absolute Gasteiger partial charge is 0.275 e. The minimum atomic E-state index is -0.0347. The summed E-state index contributed by atoms with van der Waals surface area (Å²) in [4.78, 5) is 16.5. The molecule has 1 amide bonds. The molecule has 1 aliphatic rings. The predicted octanol–water partition coefficient (Wildman–Crippen LogP) is 3.09. The highest BCUT2D eigenvalue weighted by molar-refractivity contribution is 6.99. The standard InChI is InChI=1S/C21H25N5O3S/c1-25(14-18-8-10-29-23-18)12-16-4-6-19(7-5-16)28-15-17-3-2-9-26(13-17)21(27)20-11-22-30-24-20/h4-8,10-11,17H,2-3,9,12-15H2,1H3/t17-/m0/s1. The van der Waals surface area contributed by atoms with Crippen LogP contribution in [0.1, 0.15) is 34.6 Å². The molecule has 0 bridgehead atoms. The van der Waals surface area contributed by atoms with E-state index in [1.165, 1.54) is 11.8 Å². The Hall–Kier alpha value is -2.78. The van der Waals surface area contributed by atoms with Gasteiger partial charge in [-0.25, -0.2) is 0 Å². The van der Waals surface area contributed by atoms with Gasteiger partial charge in [-0.1, -0.05) is 17.3 Å². The Balaban J connectivity index is 1.24. The minimum Gasteiger partial charge on any atom is -0.493 e. The van der Waals surface area contributed by atoms with E-state index in [0.29, 0.717) is 24.8 Å². The van der Waals surface area contributed by atoms with E-state index in [0.717, 1.165) is 55.6 Å². The van der Waals surface area contributed by atoms with E-state index in [9.17, 15) is 4.79 Å². The van der Waals surface area contributed by atoms with E-state index in [4.69, 9.17) is 9.26 Å². The molecule has 3 heterocycles. The van der Waals surface area contributed by atoms with Gasteiger partial charge in [0.15, 0.2) is 5.69 Å². The van der Waals surface area contributed by atoms with Crippen LogP contribution < -0.4 is 4.74 Å². The molecule has 0 N–H and O–H groups in total. The molecule has 0 saturated carbocycles. The van der Waals surface area contributed by atoms with Crippen molar-refractivity contribution in [3.8, 4) is 5.75 Å². The number of rotatable bonds is 8. The molecule has 1 aliphatic heterocycles. The summed E-state index contributed by atoms with van der Waals surface area (Å²) in [6.45, 7) is 3.62. The Kier molecular flexibility index (Phi) is 6.70. The number of ether oxygens (including phenoxy) is 1. The molecule has 0 radical (unpaired) electrons. The van der Waals surface area contributed by atoms with Gasteiger partial charge in [0, 0.05) is 38.2 Å². The van der Waals surface area contributed by atoms with Crippen molar-refractivity contribution in [2.75, 3.05) is 26.7 Å². The molecular weight excluding hydrogens is 402 g/mol. The molecule has 158 valence electrons. The summed E-state index contributed by atoms with van der Waals surface area (Å²) in [5, 5.41) is 3.94. The average Bonchev–Trinajstić information content (AvgIpc) is 3.47. The van der Waals surface area contributed by atoms with Crippen molar-refractivity contribution < 1.29 is 14.1 Å². The second kappa shape index (κ2) is 9.82. The molecule has 1 aromatic carbocycles. The zero-order chi connectivity index (χ0) is 20.8. The van der Waals surface area contributed by atoms with Crippen LogP contribution >= 0.6 is 11.7 Å². The fraction of sp³-hybridized carbons (Fsp3) is 0.429. The summed E-state index contributed by atoms with van der Waals surface area (Å²) < 4.78 is 18.9. The van der Waals surface area contributed by atoms with E-state index < -0.39 is 0 Å². The van der Waals surface area contributed by atoms with Crippen LogP contribution in [0.2, 0.25) is 0 Å². The molecule has 0 unspecified atom stereocenters. The number of benzene rings is 1. The third-order valence-electron chi connectivity index (χ3n) is 5.17. The second-order valence-electron chi connectivity index (χ2n) is 7.67. The van der Waals surface area contributed by atoms with Gasteiger partial charge in [0.25, 0.3) is 5.91 Å². The van der Waals surface area contributed by atoms with Gasteiger partial charge >= 0.3 is 0 Å². The molecule has 1 fully saturated rings. The largest absolute Gasteiger partial charge is 0.493 e. The lowest BCUT2D eigenvalue weighted by molar-refractivity contribution is 0.0628. The molecule has 2 aromatic heterocycles. The Labute approximate surface area is 179 Å². The van der Waals surface area contributed by atoms with E-state index in [1.807, 2.05) is 23.1 Å². The van der Waals surface area contributed by atoms with E-state index in [2.05, 4.69) is 38.0 Å². The number of nitrogens with zero attached hydrogens (tertiary/aromatic N) is 5. The maximum Gasteiger partial charge on any atom is 0.275 e. The molecule has 8 nitrogen and oxygen atoms in total. The van der Waals surface area contributed by atoms with Gasteiger partial charge in [0.05, 0.1) is 30.2 Å². The maximum absolute atomic E-state index is 12.5. The first-order chi connectivity index (χ1) is 14.7. The average molecular weight is 428 g/mol. The fourth-order valence-corrected chi connectivity index (χ4v) is 4.08. The normalized spacial score (nSPS) is 16.7. The third-order valence-corrected chi connectivity index (χ3v) is 5.65. The van der Waals surface area contributed by atoms with Gasteiger partial charge in [-0.2, -0.15) is 8.75 Å². The molecule has 9 heteroatoms. The van der Waals surface area contributed by atoms with Crippen LogP contribution in [-0.2, 0) is 13.1 Å². The molecule has 1 atom stereocenters. The molecule has 3 aromatic rings. The number of piperidine rings is 1. The first-order valence-electron chi connectivity index (χ1n) is 10.0. The zero-order valence-corrected chi connectivity index (χ0v) is 17.8. The summed E-state index contributed by atoms with van der Waals surface area (Å²) in [6, 6.07) is 10.1. The molecule has 30 heavy (non-hydrogen) atoms. The van der Waals surface area contributed by atoms with Crippen LogP contribution in [0.3, 0.4) is 0 Å². The Morgan fingerprint density at radius 2 is 2.17 bits per heavy atom. The number of carbonyl (C=O) groups is 1. The summed E-state index contributed by atoms with van der Waals surface area (Å²) in [5.41, 5.74) is 2.56. The van der Waals surface area contributed by atoms with Crippen LogP contribution in [0.15, 0.2) is 47.3 Å². The molecule has 0 aliphatic carbocycles. The topological polar surface area (TPSA) is 84.6 Å². The zero-order valence-electron chi connectivity index (χ0n) is 16.9. The number of hydrogen-bond donors (Lipinski definition) is 0. The lowest BCUT2D eigenvalue weighted by atomic mass is 9.98. The summed E-state index contributed by atoms with van der Waals surface area (Å²) >= 11 is 1.06. The van der Waals surface area contributed by atoms with Gasteiger partial charge in [-0.15, -0.1) is 0 Å². The van der Waals surface area contributed by atoms with Crippen LogP contribution in [0.4, 0.5) is 0 Å². The van der Waals surface area contributed by atoms with Gasteiger partial charge in [-0.05, 0) is 37.6 Å². The van der Waals surface area contributed by atoms with Gasteiger partial charge in [-0.3, -0.25) is 9.69 Å². The predicted molar refractivity (Wildman–Crippen MR) is 112 cm³/mol. The van der Waals surface area contributed by atoms with Crippen molar-refractivity contribution >= 4 is 17.6 Å². The van der Waals surface area contributed by atoms with Crippen molar-refractivity contribution in [3.63, 3.8) is 0 Å². The Bertz CT molecular complexity index is 915. The second-order valence-corrected chi connectivity index (χ2v) is 8.23. The van der Waals surface area contributed by atoms with Crippen molar-refractivity contribution in [1.82, 2.24) is 23.7 Å². The van der Waals surface area contributed by atoms with Crippen molar-refractivity contribution in [2.24, 2.45) is 5.92 Å². The van der Waals surface area contributed by atoms with Crippen molar-refractivity contribution in [2.45, 2.75) is 25.9 Å². The molecular formula is C21H25N5O3S. The first kappa shape index (κ1) is 20.5. The SMILES string of the molecule is CN(Cc1ccc(OC[C@H]2CCCN(C(=O)c3cnsn3)C2)cc1)Cc1ccon1. The van der Waals surface area contributed by atoms with Crippen LogP contribution in [-0.4, -0.2) is 56.4 Å². The van der Waals surface area contributed by atoms with E-state index in [1.54, 1.807) is 6.26 Å². The lowest BCUT2D eigenvalue weighted by Crippen LogP contribution is -2.41. The van der Waals surface area contributed by atoms with E-state index >= 15 is 0 Å². The van der Waals surface area contributed by atoms with Gasteiger partial charge in [0.2, 0.25) is 0 Å². The number of carbonyl (C=O) groups excluding carboxylic acids is 1. The highest BCUT2D eigenvalue weighted by Gasteiger charge is 2.26. The van der Waals surface area contributed by atoms with E-state index in [-0.39, 0.29) is 5.91 Å². The number of likely N-dealkylation sites (tertiary alicyclic amines) is 1. The number of hydrogen-bond acceptors (Lipinski definition) is 8. The minimum absolute atomic E-state index is 0.0347. The maximum atomic E-state index is 12.5. The molecule has 4 rings (SSSR count). The van der Waals surface area contributed by atoms with Crippen LogP contribution in [0.25, 0.3) is 0 Å². The third kappa shape index (κ3) is 5.43.